The lowest BCUT2D eigenvalue weighted by Gasteiger charge is -2.30. The SMILES string of the molecule is CNC1CCC(n2c(=O)c(-c3ccc(-c4cncc(C)n4)cc3Cl)cc3cnc(NCC(C)C)nc32)CC1. The molecule has 0 amide bonds. The van der Waals surface area contributed by atoms with Crippen molar-refractivity contribution in [3.05, 3.63) is 63.9 Å². The van der Waals surface area contributed by atoms with Crippen LogP contribution >= 0.6 is 11.6 Å². The van der Waals surface area contributed by atoms with E-state index >= 15 is 0 Å². The van der Waals surface area contributed by atoms with Crippen molar-refractivity contribution in [2.24, 2.45) is 5.92 Å². The van der Waals surface area contributed by atoms with Crippen LogP contribution in [-0.2, 0) is 0 Å². The lowest BCUT2D eigenvalue weighted by Crippen LogP contribution is -2.35. The minimum Gasteiger partial charge on any atom is -0.354 e. The third kappa shape index (κ3) is 5.42. The van der Waals surface area contributed by atoms with Gasteiger partial charge in [-0.25, -0.2) is 9.97 Å². The number of hydrogen-bond acceptors (Lipinski definition) is 7. The summed E-state index contributed by atoms with van der Waals surface area (Å²) in [5, 5.41) is 7.99. The van der Waals surface area contributed by atoms with E-state index in [4.69, 9.17) is 16.6 Å². The van der Waals surface area contributed by atoms with Crippen LogP contribution in [0.3, 0.4) is 0 Å². The van der Waals surface area contributed by atoms with Gasteiger partial charge in [0.1, 0.15) is 5.65 Å². The maximum atomic E-state index is 14.1. The van der Waals surface area contributed by atoms with Crippen LogP contribution < -0.4 is 16.2 Å². The third-order valence-electron chi connectivity index (χ3n) is 7.22. The molecule has 198 valence electrons. The van der Waals surface area contributed by atoms with Crippen LogP contribution in [0.25, 0.3) is 33.4 Å². The average molecular weight is 532 g/mol. The molecule has 2 N–H and O–H groups in total. The number of aromatic nitrogens is 5. The van der Waals surface area contributed by atoms with E-state index in [2.05, 4.69) is 39.4 Å². The summed E-state index contributed by atoms with van der Waals surface area (Å²) < 4.78 is 1.88. The highest BCUT2D eigenvalue weighted by atomic mass is 35.5. The number of pyridine rings is 1. The van der Waals surface area contributed by atoms with E-state index in [0.717, 1.165) is 54.6 Å². The molecule has 9 heteroatoms. The Morgan fingerprint density at radius 3 is 2.53 bits per heavy atom. The average Bonchev–Trinajstić information content (AvgIpc) is 2.92. The van der Waals surface area contributed by atoms with E-state index in [0.29, 0.717) is 39.7 Å². The molecule has 4 aromatic rings. The van der Waals surface area contributed by atoms with E-state index < -0.39 is 0 Å². The largest absolute Gasteiger partial charge is 0.354 e. The molecule has 0 atom stereocenters. The van der Waals surface area contributed by atoms with Gasteiger partial charge in [0.15, 0.2) is 0 Å². The number of nitrogens with one attached hydrogen (secondary N) is 2. The van der Waals surface area contributed by atoms with Crippen molar-refractivity contribution in [3.63, 3.8) is 0 Å². The Kier molecular flexibility index (Phi) is 7.72. The second-order valence-corrected chi connectivity index (χ2v) is 10.9. The van der Waals surface area contributed by atoms with Gasteiger partial charge in [0.25, 0.3) is 5.56 Å². The Morgan fingerprint density at radius 1 is 1.05 bits per heavy atom. The van der Waals surface area contributed by atoms with Gasteiger partial charge in [-0.3, -0.25) is 14.3 Å². The van der Waals surface area contributed by atoms with E-state index in [1.54, 1.807) is 18.6 Å². The van der Waals surface area contributed by atoms with Gasteiger partial charge >= 0.3 is 0 Å². The molecular weight excluding hydrogens is 498 g/mol. The molecule has 0 radical (unpaired) electrons. The summed E-state index contributed by atoms with van der Waals surface area (Å²) in [7, 11) is 2.00. The highest BCUT2D eigenvalue weighted by Gasteiger charge is 2.26. The van der Waals surface area contributed by atoms with Gasteiger partial charge in [0.05, 0.1) is 17.6 Å². The zero-order valence-electron chi connectivity index (χ0n) is 22.3. The van der Waals surface area contributed by atoms with Gasteiger partial charge < -0.3 is 10.6 Å². The van der Waals surface area contributed by atoms with E-state index in [9.17, 15) is 4.79 Å². The predicted molar refractivity (Wildman–Crippen MR) is 154 cm³/mol. The van der Waals surface area contributed by atoms with Crippen molar-refractivity contribution < 1.29 is 0 Å². The Balaban J connectivity index is 1.62. The summed E-state index contributed by atoms with van der Waals surface area (Å²) in [6.45, 7) is 6.93. The smallest absolute Gasteiger partial charge is 0.260 e. The summed E-state index contributed by atoms with van der Waals surface area (Å²) in [5.41, 5.74) is 4.24. The van der Waals surface area contributed by atoms with Gasteiger partial charge in [0, 0.05) is 58.1 Å². The molecule has 5 rings (SSSR count). The Morgan fingerprint density at radius 2 is 1.84 bits per heavy atom. The summed E-state index contributed by atoms with van der Waals surface area (Å²) in [4.78, 5) is 32.3. The molecule has 0 spiro atoms. The highest BCUT2D eigenvalue weighted by Crippen LogP contribution is 2.34. The zero-order chi connectivity index (χ0) is 26.8. The first-order chi connectivity index (χ1) is 18.3. The number of benzene rings is 1. The van der Waals surface area contributed by atoms with E-state index in [1.165, 1.54) is 0 Å². The van der Waals surface area contributed by atoms with Crippen LogP contribution in [0.1, 0.15) is 51.3 Å². The van der Waals surface area contributed by atoms with Crippen molar-refractivity contribution in [1.29, 1.82) is 0 Å². The highest BCUT2D eigenvalue weighted by molar-refractivity contribution is 6.33. The number of aryl methyl sites for hydroxylation is 1. The van der Waals surface area contributed by atoms with E-state index in [1.807, 2.05) is 42.8 Å². The Labute approximate surface area is 227 Å². The summed E-state index contributed by atoms with van der Waals surface area (Å²) in [6, 6.07) is 8.08. The molecule has 8 nitrogen and oxygen atoms in total. The molecule has 3 aromatic heterocycles. The maximum Gasteiger partial charge on any atom is 0.260 e. The van der Waals surface area contributed by atoms with Crippen LogP contribution in [0, 0.1) is 12.8 Å². The minimum atomic E-state index is -0.0797. The molecule has 0 bridgehead atoms. The van der Waals surface area contributed by atoms with Crippen molar-refractivity contribution in [3.8, 4) is 22.4 Å². The van der Waals surface area contributed by atoms with Gasteiger partial charge in [-0.2, -0.15) is 4.98 Å². The second-order valence-electron chi connectivity index (χ2n) is 10.5. The maximum absolute atomic E-state index is 14.1. The molecule has 1 aliphatic carbocycles. The van der Waals surface area contributed by atoms with Crippen molar-refractivity contribution in [1.82, 2.24) is 29.8 Å². The van der Waals surface area contributed by atoms with Crippen LogP contribution in [0.2, 0.25) is 5.02 Å². The van der Waals surface area contributed by atoms with Crippen LogP contribution in [0.5, 0.6) is 0 Å². The van der Waals surface area contributed by atoms with E-state index in [-0.39, 0.29) is 11.6 Å². The lowest BCUT2D eigenvalue weighted by atomic mass is 9.90. The minimum absolute atomic E-state index is 0.0583. The molecule has 0 saturated heterocycles. The molecule has 1 aromatic carbocycles. The topological polar surface area (TPSA) is 97.6 Å². The van der Waals surface area contributed by atoms with Gasteiger partial charge in [0.2, 0.25) is 5.95 Å². The number of nitrogens with zero attached hydrogens (tertiary/aromatic N) is 5. The fourth-order valence-corrected chi connectivity index (χ4v) is 5.43. The lowest BCUT2D eigenvalue weighted by molar-refractivity contribution is 0.300. The quantitative estimate of drug-likeness (QED) is 0.318. The standard InChI is InChI=1S/C29H34ClN7O/c1-17(2)13-33-29-34-15-20-11-24(23-10-5-19(12-25(23)30)26-16-32-14-18(3)35-26)28(38)37(27(20)36-29)22-8-6-21(31-4)7-9-22/h5,10-12,14-17,21-22,31H,6-9,13H2,1-4H3,(H,33,34,36). The summed E-state index contributed by atoms with van der Waals surface area (Å²) in [6.07, 6.45) is 9.06. The van der Waals surface area contributed by atoms with Gasteiger partial charge in [-0.1, -0.05) is 37.6 Å². The number of rotatable bonds is 7. The normalized spacial score (nSPS) is 17.7. The Hall–Kier alpha value is -3.36. The molecule has 1 fully saturated rings. The first-order valence-corrected chi connectivity index (χ1v) is 13.6. The third-order valence-corrected chi connectivity index (χ3v) is 7.53. The van der Waals surface area contributed by atoms with Gasteiger partial charge in [-0.15, -0.1) is 0 Å². The Bertz CT molecular complexity index is 1510. The molecule has 38 heavy (non-hydrogen) atoms. The first-order valence-electron chi connectivity index (χ1n) is 13.3. The van der Waals surface area contributed by atoms with Crippen LogP contribution in [0.4, 0.5) is 5.95 Å². The molecule has 0 unspecified atom stereocenters. The summed E-state index contributed by atoms with van der Waals surface area (Å²) in [5.74, 6) is 0.990. The first kappa shape index (κ1) is 26.3. The van der Waals surface area contributed by atoms with Crippen molar-refractivity contribution in [2.75, 3.05) is 18.9 Å². The molecule has 0 aliphatic heterocycles. The second kappa shape index (κ2) is 11.2. The molecular formula is C29H34ClN7O. The van der Waals surface area contributed by atoms with Crippen LogP contribution in [-0.4, -0.2) is 44.1 Å². The number of hydrogen-bond donors (Lipinski definition) is 2. The molecule has 3 heterocycles. The van der Waals surface area contributed by atoms with Gasteiger partial charge in [-0.05, 0) is 57.7 Å². The number of fused-ring (bicyclic) bond motifs is 1. The fourth-order valence-electron chi connectivity index (χ4n) is 5.15. The van der Waals surface area contributed by atoms with Crippen molar-refractivity contribution >= 4 is 28.6 Å². The molecule has 1 aliphatic rings. The van der Waals surface area contributed by atoms with Crippen molar-refractivity contribution in [2.45, 2.75) is 58.5 Å². The monoisotopic (exact) mass is 531 g/mol. The fraction of sp³-hybridized carbons (Fsp3) is 0.414. The zero-order valence-corrected chi connectivity index (χ0v) is 23.1. The molecule has 1 saturated carbocycles. The predicted octanol–water partition coefficient (Wildman–Crippen LogP) is 5.65. The number of anilines is 1. The summed E-state index contributed by atoms with van der Waals surface area (Å²) >= 11 is 6.80. The number of halogens is 1. The van der Waals surface area contributed by atoms with Crippen LogP contribution in [0.15, 0.2) is 47.7 Å².